The van der Waals surface area contributed by atoms with Crippen molar-refractivity contribution in [3.63, 3.8) is 0 Å². The molecule has 2 atom stereocenters. The second kappa shape index (κ2) is 8.75. The molecule has 4 saturated carbocycles. The van der Waals surface area contributed by atoms with Crippen LogP contribution in [0.2, 0.25) is 10.0 Å². The summed E-state index contributed by atoms with van der Waals surface area (Å²) in [4.78, 5) is 29.3. The first-order valence-electron chi connectivity index (χ1n) is 12.2. The van der Waals surface area contributed by atoms with Crippen molar-refractivity contribution >= 4 is 41.0 Å². The molecule has 7 nitrogen and oxygen atoms in total. The van der Waals surface area contributed by atoms with Gasteiger partial charge in [0.1, 0.15) is 5.60 Å². The van der Waals surface area contributed by atoms with E-state index >= 15 is 0 Å². The van der Waals surface area contributed by atoms with Crippen molar-refractivity contribution in [2.24, 2.45) is 17.8 Å². The number of ether oxygens (including phenoxy) is 1. The molecule has 6 rings (SSSR count). The summed E-state index contributed by atoms with van der Waals surface area (Å²) in [6, 6.07) is 5.66. The van der Waals surface area contributed by atoms with Gasteiger partial charge in [0.15, 0.2) is 0 Å². The first-order chi connectivity index (χ1) is 16.1. The standard InChI is InChI=1S/C25H33Cl2N3O4/c1-24(2,30-7-5-29(6-8-30)20-4-3-18(26)11-19(20)27)22(31)28-21-16-9-15-10-17(21)14-25(12-15,13-16)34-23(32)33/h3-4,11,15-17,21H,5-10,12-14H2,1-2H3,(H,28,31)(H,32,33). The Bertz CT molecular complexity index is 963. The van der Waals surface area contributed by atoms with Gasteiger partial charge in [-0.3, -0.25) is 9.69 Å². The predicted molar refractivity (Wildman–Crippen MR) is 132 cm³/mol. The maximum atomic E-state index is 13.5. The highest BCUT2D eigenvalue weighted by atomic mass is 35.5. The Hall–Kier alpha value is -1.70. The lowest BCUT2D eigenvalue weighted by Gasteiger charge is -2.59. The number of anilines is 1. The number of halogens is 2. The van der Waals surface area contributed by atoms with Crippen molar-refractivity contribution in [3.8, 4) is 0 Å². The fourth-order valence-corrected chi connectivity index (χ4v) is 7.74. The molecule has 2 N–H and O–H groups in total. The molecule has 1 heterocycles. The topological polar surface area (TPSA) is 82.1 Å². The minimum absolute atomic E-state index is 0.0520. The van der Waals surface area contributed by atoms with Gasteiger partial charge in [-0.1, -0.05) is 23.2 Å². The number of rotatable bonds is 5. The van der Waals surface area contributed by atoms with E-state index in [-0.39, 0.29) is 23.8 Å². The lowest BCUT2D eigenvalue weighted by atomic mass is 9.52. The fraction of sp³-hybridized carbons (Fsp3) is 0.680. The largest absolute Gasteiger partial charge is 0.506 e. The summed E-state index contributed by atoms with van der Waals surface area (Å²) in [5.74, 6) is 1.13. The van der Waals surface area contributed by atoms with E-state index < -0.39 is 17.3 Å². The van der Waals surface area contributed by atoms with Crippen LogP contribution in [0.5, 0.6) is 0 Å². The summed E-state index contributed by atoms with van der Waals surface area (Å²) in [6.45, 7) is 7.08. The van der Waals surface area contributed by atoms with Gasteiger partial charge in [0, 0.05) is 37.2 Å². The number of carboxylic acid groups (broad SMARTS) is 1. The van der Waals surface area contributed by atoms with Crippen LogP contribution in [-0.2, 0) is 9.53 Å². The molecule has 5 fully saturated rings. The third-order valence-corrected chi connectivity index (χ3v) is 9.23. The third kappa shape index (κ3) is 4.35. The number of piperazine rings is 1. The van der Waals surface area contributed by atoms with Crippen LogP contribution in [0.3, 0.4) is 0 Å². The zero-order valence-electron chi connectivity index (χ0n) is 19.7. The SMILES string of the molecule is CC(C)(C(=O)NC1C2CC3CC1CC(OC(=O)O)(C3)C2)N1CCN(c2ccc(Cl)cc2Cl)CC1. The van der Waals surface area contributed by atoms with Crippen molar-refractivity contribution in [2.45, 2.75) is 63.1 Å². The van der Waals surface area contributed by atoms with E-state index in [1.54, 1.807) is 6.07 Å². The molecular weight excluding hydrogens is 477 g/mol. The number of hydrogen-bond donors (Lipinski definition) is 2. The zero-order chi connectivity index (χ0) is 24.3. The van der Waals surface area contributed by atoms with Gasteiger partial charge in [-0.2, -0.15) is 0 Å². The van der Waals surface area contributed by atoms with E-state index in [1.165, 1.54) is 0 Å². The van der Waals surface area contributed by atoms with Crippen LogP contribution in [0.1, 0.15) is 46.0 Å². The summed E-state index contributed by atoms with van der Waals surface area (Å²) in [6.07, 6.45) is 3.19. The molecular formula is C25H33Cl2N3O4. The quantitative estimate of drug-likeness (QED) is 0.562. The molecule has 0 aromatic heterocycles. The van der Waals surface area contributed by atoms with Gasteiger partial charge in [-0.25, -0.2) is 4.79 Å². The Labute approximate surface area is 210 Å². The lowest BCUT2D eigenvalue weighted by molar-refractivity contribution is -0.157. The molecule has 34 heavy (non-hydrogen) atoms. The summed E-state index contributed by atoms with van der Waals surface area (Å²) >= 11 is 12.4. The second-order valence-corrected chi connectivity index (χ2v) is 12.0. The van der Waals surface area contributed by atoms with Gasteiger partial charge in [0.25, 0.3) is 0 Å². The van der Waals surface area contributed by atoms with E-state index in [0.717, 1.165) is 64.0 Å². The smallest absolute Gasteiger partial charge is 0.450 e. The highest BCUT2D eigenvalue weighted by Crippen LogP contribution is 2.57. The van der Waals surface area contributed by atoms with Gasteiger partial charge in [0.2, 0.25) is 5.91 Å². The highest BCUT2D eigenvalue weighted by molar-refractivity contribution is 6.36. The van der Waals surface area contributed by atoms with E-state index in [4.69, 9.17) is 27.9 Å². The van der Waals surface area contributed by atoms with Crippen molar-refractivity contribution in [3.05, 3.63) is 28.2 Å². The summed E-state index contributed by atoms with van der Waals surface area (Å²) in [5, 5.41) is 13.9. The van der Waals surface area contributed by atoms with Crippen molar-refractivity contribution in [1.29, 1.82) is 0 Å². The molecule has 5 aliphatic rings. The number of carbonyl (C=O) groups excluding carboxylic acids is 1. The summed E-state index contributed by atoms with van der Waals surface area (Å²) < 4.78 is 5.40. The van der Waals surface area contributed by atoms with Crippen LogP contribution < -0.4 is 10.2 Å². The lowest BCUT2D eigenvalue weighted by Crippen LogP contribution is -2.66. The Kier molecular flexibility index (Phi) is 6.18. The van der Waals surface area contributed by atoms with Gasteiger partial charge in [-0.15, -0.1) is 0 Å². The number of nitrogens with one attached hydrogen (secondary N) is 1. The Morgan fingerprint density at radius 1 is 1.09 bits per heavy atom. The number of amides is 1. The minimum Gasteiger partial charge on any atom is -0.450 e. The Balaban J connectivity index is 1.21. The first kappa shape index (κ1) is 24.0. The van der Waals surface area contributed by atoms with Crippen molar-refractivity contribution in [1.82, 2.24) is 10.2 Å². The number of carbonyl (C=O) groups is 2. The molecule has 0 spiro atoms. The first-order valence-corrected chi connectivity index (χ1v) is 13.0. The molecule has 1 aromatic carbocycles. The van der Waals surface area contributed by atoms with Crippen LogP contribution in [-0.4, -0.2) is 65.4 Å². The summed E-state index contributed by atoms with van der Waals surface area (Å²) in [5.41, 5.74) is -0.211. The number of hydrogen-bond acceptors (Lipinski definition) is 5. The van der Waals surface area contributed by atoms with Crippen molar-refractivity contribution < 1.29 is 19.4 Å². The van der Waals surface area contributed by atoms with Gasteiger partial charge in [0.05, 0.1) is 16.2 Å². The van der Waals surface area contributed by atoms with Crippen LogP contribution in [0, 0.1) is 17.8 Å². The maximum Gasteiger partial charge on any atom is 0.506 e. The van der Waals surface area contributed by atoms with Gasteiger partial charge in [-0.05, 0) is 81.9 Å². The number of nitrogens with zero attached hydrogens (tertiary/aromatic N) is 2. The molecule has 186 valence electrons. The zero-order valence-corrected chi connectivity index (χ0v) is 21.2. The average Bonchev–Trinajstić information content (AvgIpc) is 2.75. The third-order valence-electron chi connectivity index (χ3n) is 8.69. The fourth-order valence-electron chi connectivity index (χ4n) is 7.21. The second-order valence-electron chi connectivity index (χ2n) is 11.1. The normalized spacial score (nSPS) is 33.1. The Morgan fingerprint density at radius 2 is 1.74 bits per heavy atom. The van der Waals surface area contributed by atoms with Crippen LogP contribution >= 0.6 is 23.2 Å². The molecule has 1 amide bonds. The molecule has 4 aliphatic carbocycles. The predicted octanol–water partition coefficient (Wildman–Crippen LogP) is 4.65. The summed E-state index contributed by atoms with van der Waals surface area (Å²) in [7, 11) is 0. The van der Waals surface area contributed by atoms with E-state index in [9.17, 15) is 14.7 Å². The van der Waals surface area contributed by atoms with Crippen molar-refractivity contribution in [2.75, 3.05) is 31.1 Å². The number of benzene rings is 1. The molecule has 9 heteroatoms. The molecule has 2 unspecified atom stereocenters. The van der Waals surface area contributed by atoms with E-state index in [0.29, 0.717) is 16.0 Å². The van der Waals surface area contributed by atoms with Crippen LogP contribution in [0.4, 0.5) is 10.5 Å². The average molecular weight is 510 g/mol. The van der Waals surface area contributed by atoms with E-state index in [2.05, 4.69) is 15.1 Å². The molecule has 4 bridgehead atoms. The van der Waals surface area contributed by atoms with Crippen LogP contribution in [0.15, 0.2) is 18.2 Å². The Morgan fingerprint density at radius 3 is 2.32 bits per heavy atom. The monoisotopic (exact) mass is 509 g/mol. The highest BCUT2D eigenvalue weighted by Gasteiger charge is 2.58. The van der Waals surface area contributed by atoms with Gasteiger partial charge >= 0.3 is 6.16 Å². The van der Waals surface area contributed by atoms with Gasteiger partial charge < -0.3 is 20.1 Å². The molecule has 0 radical (unpaired) electrons. The van der Waals surface area contributed by atoms with E-state index in [1.807, 2.05) is 26.0 Å². The molecule has 1 saturated heterocycles. The van der Waals surface area contributed by atoms with Crippen LogP contribution in [0.25, 0.3) is 0 Å². The molecule has 1 aromatic rings. The minimum atomic E-state index is -1.18. The maximum absolute atomic E-state index is 13.5. The molecule has 1 aliphatic heterocycles.